The Morgan fingerprint density at radius 3 is 2.77 bits per heavy atom. The van der Waals surface area contributed by atoms with Gasteiger partial charge in [0.15, 0.2) is 0 Å². The fourth-order valence-electron chi connectivity index (χ4n) is 1.49. The molecular weight excluding hydrogens is 168 g/mol. The maximum atomic E-state index is 11.5. The summed E-state index contributed by atoms with van der Waals surface area (Å²) in [7, 11) is 1.52. The number of amides is 2. The summed E-state index contributed by atoms with van der Waals surface area (Å²) in [5, 5.41) is 5.07. The van der Waals surface area contributed by atoms with E-state index in [0.717, 1.165) is 0 Å². The largest absolute Gasteiger partial charge is 0.359 e. The van der Waals surface area contributed by atoms with E-state index in [0.29, 0.717) is 6.42 Å². The second kappa shape index (κ2) is 4.25. The van der Waals surface area contributed by atoms with Crippen molar-refractivity contribution in [1.29, 1.82) is 0 Å². The molecule has 1 fully saturated rings. The quantitative estimate of drug-likeness (QED) is 0.639. The summed E-state index contributed by atoms with van der Waals surface area (Å²) in [6, 6.07) is -0.537. The predicted molar refractivity (Wildman–Crippen MR) is 49.0 cm³/mol. The molecule has 0 saturated heterocycles. The molecule has 4 nitrogen and oxygen atoms in total. The summed E-state index contributed by atoms with van der Waals surface area (Å²) in [5.41, 5.74) is 0. The standard InChI is InChI=1S/C9H16N2O2/c1-6(12)11-8-5-3-4-7(8)9(13)10-2/h7-8H,3-5H2,1-2H3,(H,10,13)(H,11,12)/t7-,8+/m0/s1/i3D,5D/t3?,5?,7-,8+. The molecule has 1 saturated carbocycles. The molecule has 0 aromatic heterocycles. The number of nitrogens with one attached hydrogen (secondary N) is 2. The fourth-order valence-corrected chi connectivity index (χ4v) is 1.49. The van der Waals surface area contributed by atoms with Gasteiger partial charge in [0.2, 0.25) is 11.8 Å². The highest BCUT2D eigenvalue weighted by molar-refractivity contribution is 5.81. The Labute approximate surface area is 80.9 Å². The molecule has 1 rings (SSSR count). The van der Waals surface area contributed by atoms with Gasteiger partial charge in [-0.05, 0) is 12.8 Å². The van der Waals surface area contributed by atoms with Crippen LogP contribution in [0.1, 0.15) is 28.9 Å². The highest BCUT2D eigenvalue weighted by Gasteiger charge is 2.32. The van der Waals surface area contributed by atoms with E-state index in [9.17, 15) is 9.59 Å². The van der Waals surface area contributed by atoms with Gasteiger partial charge in [0.25, 0.3) is 0 Å². The Morgan fingerprint density at radius 2 is 2.23 bits per heavy atom. The average molecular weight is 186 g/mol. The zero-order valence-electron chi connectivity index (χ0n) is 9.83. The van der Waals surface area contributed by atoms with Gasteiger partial charge in [-0.1, -0.05) is 6.40 Å². The van der Waals surface area contributed by atoms with Gasteiger partial charge >= 0.3 is 0 Å². The van der Waals surface area contributed by atoms with Crippen molar-refractivity contribution in [2.24, 2.45) is 5.92 Å². The minimum atomic E-state index is -0.726. The van der Waals surface area contributed by atoms with Gasteiger partial charge < -0.3 is 10.6 Å². The smallest absolute Gasteiger partial charge is 0.224 e. The van der Waals surface area contributed by atoms with E-state index >= 15 is 0 Å². The lowest BCUT2D eigenvalue weighted by molar-refractivity contribution is -0.125. The van der Waals surface area contributed by atoms with Crippen molar-refractivity contribution < 1.29 is 12.3 Å². The van der Waals surface area contributed by atoms with Gasteiger partial charge in [0, 0.05) is 22.8 Å². The molecule has 0 aromatic carbocycles. The van der Waals surface area contributed by atoms with Gasteiger partial charge in [0.05, 0.1) is 5.92 Å². The van der Waals surface area contributed by atoms with E-state index in [4.69, 9.17) is 2.74 Å². The maximum Gasteiger partial charge on any atom is 0.224 e. The zero-order valence-corrected chi connectivity index (χ0v) is 7.83. The minimum Gasteiger partial charge on any atom is -0.359 e. The molecule has 2 amide bonds. The summed E-state index contributed by atoms with van der Waals surface area (Å²) in [5.74, 6) is -0.926. The van der Waals surface area contributed by atoms with Crippen molar-refractivity contribution >= 4 is 11.8 Å². The molecule has 1 aliphatic rings. The monoisotopic (exact) mass is 186 g/mol. The molecule has 0 spiro atoms. The van der Waals surface area contributed by atoms with Crippen molar-refractivity contribution in [3.63, 3.8) is 0 Å². The SMILES string of the molecule is [2H]C1C[C@H](C(=O)NC)[C@H](NC(C)=O)C1[2H]. The van der Waals surface area contributed by atoms with Crippen LogP contribution in [0.3, 0.4) is 0 Å². The first-order valence-electron chi connectivity index (χ1n) is 5.46. The van der Waals surface area contributed by atoms with Gasteiger partial charge in [-0.25, -0.2) is 0 Å². The normalized spacial score (nSPS) is 40.5. The van der Waals surface area contributed by atoms with E-state index in [-0.39, 0.29) is 11.8 Å². The van der Waals surface area contributed by atoms with Crippen molar-refractivity contribution in [1.82, 2.24) is 10.6 Å². The van der Waals surface area contributed by atoms with E-state index in [1.54, 1.807) is 0 Å². The molecule has 2 N–H and O–H groups in total. The van der Waals surface area contributed by atoms with Crippen LogP contribution in [0.4, 0.5) is 0 Å². The van der Waals surface area contributed by atoms with Crippen LogP contribution < -0.4 is 10.6 Å². The Kier molecular flexibility index (Phi) is 2.41. The molecule has 4 atom stereocenters. The summed E-state index contributed by atoms with van der Waals surface area (Å²) in [6.45, 7) is 1.35. The van der Waals surface area contributed by atoms with E-state index in [1.165, 1.54) is 14.0 Å². The van der Waals surface area contributed by atoms with Crippen LogP contribution in [0.25, 0.3) is 0 Å². The molecule has 0 bridgehead atoms. The summed E-state index contributed by atoms with van der Waals surface area (Å²) < 4.78 is 15.3. The van der Waals surface area contributed by atoms with Gasteiger partial charge in [0.1, 0.15) is 0 Å². The third-order valence-electron chi connectivity index (χ3n) is 2.12. The molecule has 0 aliphatic heterocycles. The molecule has 13 heavy (non-hydrogen) atoms. The Balaban J connectivity index is 2.77. The third kappa shape index (κ3) is 2.44. The van der Waals surface area contributed by atoms with Crippen LogP contribution in [0.2, 0.25) is 0 Å². The van der Waals surface area contributed by atoms with Crippen LogP contribution in [0, 0.1) is 5.92 Å². The maximum absolute atomic E-state index is 11.5. The minimum absolute atomic E-state index is 0.208. The zero-order chi connectivity index (χ0) is 11.6. The van der Waals surface area contributed by atoms with Crippen molar-refractivity contribution in [3.8, 4) is 0 Å². The van der Waals surface area contributed by atoms with Crippen LogP contribution in [-0.4, -0.2) is 24.9 Å². The first kappa shape index (κ1) is 7.35. The number of hydrogen-bond donors (Lipinski definition) is 2. The molecule has 0 aromatic rings. The number of hydrogen-bond acceptors (Lipinski definition) is 2. The van der Waals surface area contributed by atoms with E-state index in [1.807, 2.05) is 0 Å². The van der Waals surface area contributed by atoms with Gasteiger partial charge in [-0.3, -0.25) is 9.59 Å². The third-order valence-corrected chi connectivity index (χ3v) is 2.12. The summed E-state index contributed by atoms with van der Waals surface area (Å²) >= 11 is 0. The second-order valence-electron chi connectivity index (χ2n) is 3.11. The average Bonchev–Trinajstić information content (AvgIpc) is 2.44. The molecule has 0 heterocycles. The van der Waals surface area contributed by atoms with Crippen LogP contribution >= 0.6 is 0 Å². The predicted octanol–water partition coefficient (Wildman–Crippen LogP) is 0.0372. The van der Waals surface area contributed by atoms with Crippen molar-refractivity contribution in [3.05, 3.63) is 0 Å². The lowest BCUT2D eigenvalue weighted by Gasteiger charge is -2.18. The molecule has 74 valence electrons. The van der Waals surface area contributed by atoms with Crippen LogP contribution in [0.5, 0.6) is 0 Å². The molecule has 4 heteroatoms. The Hall–Kier alpha value is -1.06. The fraction of sp³-hybridized carbons (Fsp3) is 0.778. The van der Waals surface area contributed by atoms with E-state index in [2.05, 4.69) is 10.6 Å². The first-order valence-corrected chi connectivity index (χ1v) is 4.30. The van der Waals surface area contributed by atoms with Crippen LogP contribution in [0.15, 0.2) is 0 Å². The molecule has 2 unspecified atom stereocenters. The Morgan fingerprint density at radius 1 is 1.54 bits per heavy atom. The second-order valence-corrected chi connectivity index (χ2v) is 3.11. The lowest BCUT2D eigenvalue weighted by Crippen LogP contribution is -2.42. The van der Waals surface area contributed by atoms with E-state index < -0.39 is 24.8 Å². The summed E-state index contributed by atoms with van der Waals surface area (Å²) in [4.78, 5) is 22.4. The highest BCUT2D eigenvalue weighted by atomic mass is 16.2. The number of carbonyl (C=O) groups excluding carboxylic acids is 2. The van der Waals surface area contributed by atoms with Gasteiger partial charge in [-0.15, -0.1) is 0 Å². The number of rotatable bonds is 2. The highest BCUT2D eigenvalue weighted by Crippen LogP contribution is 2.25. The Bertz CT molecular complexity index is 273. The van der Waals surface area contributed by atoms with Gasteiger partial charge in [-0.2, -0.15) is 0 Å². The van der Waals surface area contributed by atoms with Crippen molar-refractivity contribution in [2.75, 3.05) is 7.05 Å². The molecular formula is C9H16N2O2. The topological polar surface area (TPSA) is 58.2 Å². The molecule has 1 aliphatic carbocycles. The van der Waals surface area contributed by atoms with Crippen molar-refractivity contribution in [2.45, 2.75) is 32.2 Å². The summed E-state index contributed by atoms with van der Waals surface area (Å²) in [6.07, 6.45) is -1.00. The molecule has 0 radical (unpaired) electrons. The first-order chi connectivity index (χ1) is 6.97. The lowest BCUT2D eigenvalue weighted by atomic mass is 10.0. The van der Waals surface area contributed by atoms with Crippen LogP contribution in [-0.2, 0) is 9.59 Å². The number of carbonyl (C=O) groups is 2.